The third-order valence-electron chi connectivity index (χ3n) is 2.69. The summed E-state index contributed by atoms with van der Waals surface area (Å²) in [5.74, 6) is 0.658. The van der Waals surface area contributed by atoms with Gasteiger partial charge in [0.15, 0.2) is 0 Å². The van der Waals surface area contributed by atoms with Gasteiger partial charge < -0.3 is 14.6 Å². The van der Waals surface area contributed by atoms with Crippen LogP contribution in [0.3, 0.4) is 0 Å². The number of halogens is 1. The fourth-order valence-electron chi connectivity index (χ4n) is 1.80. The van der Waals surface area contributed by atoms with Gasteiger partial charge in [0.1, 0.15) is 18.5 Å². The van der Waals surface area contributed by atoms with E-state index < -0.39 is 6.10 Å². The molecule has 2 heterocycles. The van der Waals surface area contributed by atoms with Gasteiger partial charge in [-0.25, -0.2) is 0 Å². The maximum atomic E-state index is 9.89. The number of β-amino-alcohol motifs (C(OH)–C–C–N with tert-alkyl or cyclic N) is 1. The highest BCUT2D eigenvalue weighted by atomic mass is 79.9. The molecule has 1 aliphatic heterocycles. The molecule has 1 aliphatic rings. The van der Waals surface area contributed by atoms with E-state index in [1.54, 1.807) is 12.4 Å². The number of nitrogens with zero attached hydrogens (tertiary/aromatic N) is 2. The van der Waals surface area contributed by atoms with Gasteiger partial charge >= 0.3 is 0 Å². The molecular weight excluding hydrogens is 300 g/mol. The Bertz CT molecular complexity index is 372. The molecule has 0 radical (unpaired) electrons. The van der Waals surface area contributed by atoms with E-state index in [2.05, 4.69) is 25.8 Å². The number of morpholine rings is 1. The zero-order valence-electron chi connectivity index (χ0n) is 10.1. The number of rotatable bonds is 5. The molecule has 1 aromatic heterocycles. The van der Waals surface area contributed by atoms with Crippen molar-refractivity contribution >= 4 is 15.9 Å². The Morgan fingerprint density at radius 3 is 2.94 bits per heavy atom. The molecule has 1 N–H and O–H groups in total. The summed E-state index contributed by atoms with van der Waals surface area (Å²) >= 11 is 3.32. The molecule has 6 heteroatoms. The van der Waals surface area contributed by atoms with E-state index in [4.69, 9.17) is 9.47 Å². The Morgan fingerprint density at radius 2 is 2.22 bits per heavy atom. The lowest BCUT2D eigenvalue weighted by atomic mass is 10.3. The second-order valence-electron chi connectivity index (χ2n) is 4.22. The second kappa shape index (κ2) is 7.04. The van der Waals surface area contributed by atoms with Crippen LogP contribution in [0.2, 0.25) is 0 Å². The molecule has 0 aliphatic carbocycles. The van der Waals surface area contributed by atoms with Crippen LogP contribution in [-0.4, -0.2) is 60.5 Å². The molecule has 1 atom stereocenters. The van der Waals surface area contributed by atoms with Gasteiger partial charge in [0.25, 0.3) is 0 Å². The topological polar surface area (TPSA) is 54.8 Å². The number of aliphatic hydroxyl groups excluding tert-OH is 1. The second-order valence-corrected chi connectivity index (χ2v) is 5.13. The Morgan fingerprint density at radius 1 is 1.44 bits per heavy atom. The van der Waals surface area contributed by atoms with Crippen LogP contribution < -0.4 is 4.74 Å². The van der Waals surface area contributed by atoms with E-state index in [1.165, 1.54) is 0 Å². The molecule has 1 saturated heterocycles. The van der Waals surface area contributed by atoms with E-state index in [0.717, 1.165) is 30.8 Å². The highest BCUT2D eigenvalue weighted by Gasteiger charge is 2.15. The van der Waals surface area contributed by atoms with Crippen molar-refractivity contribution in [3.8, 4) is 5.75 Å². The Balaban J connectivity index is 1.72. The maximum absolute atomic E-state index is 9.89. The maximum Gasteiger partial charge on any atom is 0.138 e. The van der Waals surface area contributed by atoms with E-state index in [-0.39, 0.29) is 6.61 Å². The lowest BCUT2D eigenvalue weighted by molar-refractivity contribution is 0.00462. The van der Waals surface area contributed by atoms with Gasteiger partial charge in [-0.3, -0.25) is 9.88 Å². The summed E-state index contributed by atoms with van der Waals surface area (Å²) in [7, 11) is 0. The standard InChI is InChI=1S/C12H17BrN2O3/c13-10-5-12(7-14-6-10)18-9-11(16)8-15-1-3-17-4-2-15/h5-7,11,16H,1-4,8-9H2. The lowest BCUT2D eigenvalue weighted by Crippen LogP contribution is -2.42. The first-order valence-electron chi connectivity index (χ1n) is 5.95. The van der Waals surface area contributed by atoms with Crippen LogP contribution in [0.4, 0.5) is 0 Å². The van der Waals surface area contributed by atoms with Crippen molar-refractivity contribution in [3.05, 3.63) is 22.9 Å². The molecule has 5 nitrogen and oxygen atoms in total. The Hall–Kier alpha value is -0.690. The monoisotopic (exact) mass is 316 g/mol. The molecule has 100 valence electrons. The van der Waals surface area contributed by atoms with Crippen molar-refractivity contribution in [1.82, 2.24) is 9.88 Å². The molecule has 1 unspecified atom stereocenters. The largest absolute Gasteiger partial charge is 0.489 e. The van der Waals surface area contributed by atoms with Gasteiger partial charge in [-0.2, -0.15) is 0 Å². The van der Waals surface area contributed by atoms with E-state index in [9.17, 15) is 5.11 Å². The number of hydrogen-bond donors (Lipinski definition) is 1. The lowest BCUT2D eigenvalue weighted by Gasteiger charge is -2.28. The number of aliphatic hydroxyl groups is 1. The number of pyridine rings is 1. The van der Waals surface area contributed by atoms with E-state index >= 15 is 0 Å². The van der Waals surface area contributed by atoms with Crippen molar-refractivity contribution in [1.29, 1.82) is 0 Å². The molecule has 18 heavy (non-hydrogen) atoms. The highest BCUT2D eigenvalue weighted by molar-refractivity contribution is 9.10. The first-order chi connectivity index (χ1) is 8.74. The minimum atomic E-state index is -0.498. The van der Waals surface area contributed by atoms with Gasteiger partial charge in [-0.15, -0.1) is 0 Å². The molecule has 1 fully saturated rings. The zero-order chi connectivity index (χ0) is 12.8. The SMILES string of the molecule is OC(COc1cncc(Br)c1)CN1CCOCC1. The third kappa shape index (κ3) is 4.53. The minimum absolute atomic E-state index is 0.273. The molecule has 2 rings (SSSR count). The zero-order valence-corrected chi connectivity index (χ0v) is 11.7. The summed E-state index contributed by atoms with van der Waals surface area (Å²) in [5.41, 5.74) is 0. The highest BCUT2D eigenvalue weighted by Crippen LogP contribution is 2.15. The van der Waals surface area contributed by atoms with Crippen molar-refractivity contribution in [2.75, 3.05) is 39.5 Å². The van der Waals surface area contributed by atoms with Crippen molar-refractivity contribution < 1.29 is 14.6 Å². The van der Waals surface area contributed by atoms with Crippen LogP contribution in [0.5, 0.6) is 5.75 Å². The van der Waals surface area contributed by atoms with Crippen molar-refractivity contribution in [2.45, 2.75) is 6.10 Å². The fourth-order valence-corrected chi connectivity index (χ4v) is 2.14. The van der Waals surface area contributed by atoms with E-state index in [1.807, 2.05) is 6.07 Å². The summed E-state index contributed by atoms with van der Waals surface area (Å²) in [6.45, 7) is 4.11. The van der Waals surface area contributed by atoms with E-state index in [0.29, 0.717) is 12.3 Å². The van der Waals surface area contributed by atoms with Crippen LogP contribution in [0.1, 0.15) is 0 Å². The average Bonchev–Trinajstić information content (AvgIpc) is 2.38. The summed E-state index contributed by atoms with van der Waals surface area (Å²) in [5, 5.41) is 9.89. The van der Waals surface area contributed by atoms with Crippen LogP contribution in [0.15, 0.2) is 22.9 Å². The third-order valence-corrected chi connectivity index (χ3v) is 3.13. The number of ether oxygens (including phenoxy) is 2. The van der Waals surface area contributed by atoms with Crippen molar-refractivity contribution in [2.24, 2.45) is 0 Å². The quantitative estimate of drug-likeness (QED) is 0.875. The normalized spacial score (nSPS) is 18.6. The van der Waals surface area contributed by atoms with Gasteiger partial charge in [0.2, 0.25) is 0 Å². The summed E-state index contributed by atoms with van der Waals surface area (Å²) < 4.78 is 11.6. The molecule has 1 aromatic rings. The average molecular weight is 317 g/mol. The molecule has 0 aromatic carbocycles. The van der Waals surface area contributed by atoms with Crippen molar-refractivity contribution in [3.63, 3.8) is 0 Å². The van der Waals surface area contributed by atoms with Crippen LogP contribution in [0, 0.1) is 0 Å². The molecule has 0 saturated carbocycles. The number of aromatic nitrogens is 1. The molecular formula is C12H17BrN2O3. The van der Waals surface area contributed by atoms with Crippen LogP contribution in [-0.2, 0) is 4.74 Å². The molecule has 0 spiro atoms. The van der Waals surface area contributed by atoms with Gasteiger partial charge in [-0.1, -0.05) is 0 Å². The van der Waals surface area contributed by atoms with Gasteiger partial charge in [0.05, 0.1) is 19.4 Å². The Kier molecular flexibility index (Phi) is 5.37. The first-order valence-corrected chi connectivity index (χ1v) is 6.75. The molecule has 0 amide bonds. The number of hydrogen-bond acceptors (Lipinski definition) is 5. The Labute approximate surface area is 115 Å². The smallest absolute Gasteiger partial charge is 0.138 e. The van der Waals surface area contributed by atoms with Crippen LogP contribution >= 0.6 is 15.9 Å². The predicted octanol–water partition coefficient (Wildman–Crippen LogP) is 0.916. The minimum Gasteiger partial charge on any atom is -0.489 e. The summed E-state index contributed by atoms with van der Waals surface area (Å²) in [4.78, 5) is 6.17. The van der Waals surface area contributed by atoms with Crippen LogP contribution in [0.25, 0.3) is 0 Å². The first kappa shape index (κ1) is 13.7. The summed E-state index contributed by atoms with van der Waals surface area (Å²) in [6, 6.07) is 1.83. The predicted molar refractivity (Wildman–Crippen MR) is 70.7 cm³/mol. The van der Waals surface area contributed by atoms with Gasteiger partial charge in [-0.05, 0) is 22.0 Å². The fraction of sp³-hybridized carbons (Fsp3) is 0.583. The molecule has 0 bridgehead atoms. The summed E-state index contributed by atoms with van der Waals surface area (Å²) in [6.07, 6.45) is 2.82. The van der Waals surface area contributed by atoms with Gasteiger partial charge in [0, 0.05) is 30.3 Å².